The van der Waals surface area contributed by atoms with Crippen molar-refractivity contribution in [2.75, 3.05) is 0 Å². The van der Waals surface area contributed by atoms with E-state index in [1.165, 1.54) is 31.0 Å². The summed E-state index contributed by atoms with van der Waals surface area (Å²) in [5.74, 6) is 1.20. The molecule has 2 aliphatic rings. The van der Waals surface area contributed by atoms with Crippen LogP contribution in [0.4, 0.5) is 0 Å². The van der Waals surface area contributed by atoms with Crippen molar-refractivity contribution in [2.45, 2.75) is 68.4 Å². The molecule has 1 aliphatic heterocycles. The van der Waals surface area contributed by atoms with Crippen molar-refractivity contribution < 1.29 is 4.79 Å². The molecule has 2 heterocycles. The average Bonchev–Trinajstić information content (AvgIpc) is 3.17. The van der Waals surface area contributed by atoms with E-state index < -0.39 is 0 Å². The topological polar surface area (TPSA) is 59.8 Å². The Labute approximate surface area is 117 Å². The Bertz CT molecular complexity index is 469. The lowest BCUT2D eigenvalue weighted by molar-refractivity contribution is -0.120. The number of hydrogen-bond acceptors (Lipinski definition) is 4. The first-order valence-corrected chi connectivity index (χ1v) is 8.01. The van der Waals surface area contributed by atoms with E-state index in [4.69, 9.17) is 0 Å². The van der Waals surface area contributed by atoms with E-state index in [-0.39, 0.29) is 11.2 Å². The van der Waals surface area contributed by atoms with Crippen molar-refractivity contribution in [3.8, 4) is 0 Å². The zero-order chi connectivity index (χ0) is 13.2. The van der Waals surface area contributed by atoms with E-state index >= 15 is 0 Å². The average molecular weight is 280 g/mol. The lowest BCUT2D eigenvalue weighted by atomic mass is 10.2. The maximum atomic E-state index is 12.0. The fourth-order valence-electron chi connectivity index (χ4n) is 2.30. The zero-order valence-corrected chi connectivity index (χ0v) is 12.1. The third-order valence-electron chi connectivity index (χ3n) is 3.65. The highest BCUT2D eigenvalue weighted by atomic mass is 32.2. The molecule has 19 heavy (non-hydrogen) atoms. The lowest BCUT2D eigenvalue weighted by Crippen LogP contribution is -2.32. The third-order valence-corrected chi connectivity index (χ3v) is 4.73. The Kier molecular flexibility index (Phi) is 3.77. The van der Waals surface area contributed by atoms with Crippen LogP contribution in [0.5, 0.6) is 0 Å². The number of rotatable bonds is 4. The molecule has 0 bridgehead atoms. The number of nitrogens with zero attached hydrogens (tertiary/aromatic N) is 3. The van der Waals surface area contributed by atoms with Gasteiger partial charge in [-0.3, -0.25) is 4.79 Å². The van der Waals surface area contributed by atoms with Crippen LogP contribution in [0.1, 0.15) is 44.9 Å². The summed E-state index contributed by atoms with van der Waals surface area (Å²) >= 11 is 1.53. The third kappa shape index (κ3) is 3.11. The number of fused-ring (bicyclic) bond motifs is 1. The number of thioether (sulfide) groups is 1. The largest absolute Gasteiger partial charge is 0.352 e. The van der Waals surface area contributed by atoms with Gasteiger partial charge in [-0.2, -0.15) is 0 Å². The van der Waals surface area contributed by atoms with E-state index in [9.17, 15) is 4.79 Å². The van der Waals surface area contributed by atoms with Crippen molar-refractivity contribution in [1.29, 1.82) is 0 Å². The van der Waals surface area contributed by atoms with Crippen LogP contribution in [-0.2, 0) is 17.8 Å². The predicted octanol–water partition coefficient (Wildman–Crippen LogP) is 1.76. The SMILES string of the molecule is C[C@@H](Sc1nnc2n1CCCCC2)C(=O)NC1CC1. The number of aromatic nitrogens is 3. The monoisotopic (exact) mass is 280 g/mol. The van der Waals surface area contributed by atoms with E-state index in [1.54, 1.807) is 0 Å². The lowest BCUT2D eigenvalue weighted by Gasteiger charge is -2.12. The molecule has 1 aromatic heterocycles. The first-order valence-electron chi connectivity index (χ1n) is 7.13. The van der Waals surface area contributed by atoms with Gasteiger partial charge in [0, 0.05) is 19.0 Å². The highest BCUT2D eigenvalue weighted by Gasteiger charge is 2.27. The first kappa shape index (κ1) is 13.0. The first-order chi connectivity index (χ1) is 9.24. The molecule has 1 atom stereocenters. The number of carbonyl (C=O) groups is 1. The van der Waals surface area contributed by atoms with Crippen LogP contribution in [0.15, 0.2) is 5.16 Å². The van der Waals surface area contributed by atoms with Crippen LogP contribution in [0, 0.1) is 0 Å². The molecule has 104 valence electrons. The van der Waals surface area contributed by atoms with Gasteiger partial charge in [0.15, 0.2) is 5.16 Å². The van der Waals surface area contributed by atoms with Gasteiger partial charge < -0.3 is 9.88 Å². The van der Waals surface area contributed by atoms with Gasteiger partial charge in [0.1, 0.15) is 5.82 Å². The molecular weight excluding hydrogens is 260 g/mol. The van der Waals surface area contributed by atoms with Crippen molar-refractivity contribution in [3.63, 3.8) is 0 Å². The molecule has 0 unspecified atom stereocenters. The van der Waals surface area contributed by atoms with Crippen LogP contribution < -0.4 is 5.32 Å². The zero-order valence-electron chi connectivity index (χ0n) is 11.3. The quantitative estimate of drug-likeness (QED) is 0.854. The Morgan fingerprint density at radius 1 is 1.37 bits per heavy atom. The van der Waals surface area contributed by atoms with Gasteiger partial charge in [-0.1, -0.05) is 18.2 Å². The van der Waals surface area contributed by atoms with Crippen LogP contribution >= 0.6 is 11.8 Å². The minimum atomic E-state index is -0.0999. The molecule has 1 aliphatic carbocycles. The smallest absolute Gasteiger partial charge is 0.233 e. The summed E-state index contributed by atoms with van der Waals surface area (Å²) in [5, 5.41) is 12.4. The summed E-state index contributed by atoms with van der Waals surface area (Å²) in [6, 6.07) is 0.422. The maximum Gasteiger partial charge on any atom is 0.233 e. The molecule has 3 rings (SSSR count). The summed E-state index contributed by atoms with van der Waals surface area (Å²) in [7, 11) is 0. The van der Waals surface area contributed by atoms with Gasteiger partial charge in [-0.05, 0) is 32.6 Å². The minimum Gasteiger partial charge on any atom is -0.352 e. The molecule has 0 radical (unpaired) electrons. The molecule has 1 saturated carbocycles. The normalized spacial score (nSPS) is 20.5. The summed E-state index contributed by atoms with van der Waals surface area (Å²) in [6.07, 6.45) is 6.90. The molecule has 0 aromatic carbocycles. The molecule has 6 heteroatoms. The van der Waals surface area contributed by atoms with Crippen molar-refractivity contribution >= 4 is 17.7 Å². The second-order valence-corrected chi connectivity index (χ2v) is 6.71. The summed E-state index contributed by atoms with van der Waals surface area (Å²) < 4.78 is 2.19. The van der Waals surface area contributed by atoms with Gasteiger partial charge in [0.05, 0.1) is 5.25 Å². The minimum absolute atomic E-state index is 0.0999. The number of amides is 1. The Morgan fingerprint density at radius 3 is 3.00 bits per heavy atom. The Hall–Kier alpha value is -1.04. The highest BCUT2D eigenvalue weighted by Crippen LogP contribution is 2.26. The molecule has 1 fully saturated rings. The number of hydrogen-bond donors (Lipinski definition) is 1. The molecule has 1 amide bonds. The van der Waals surface area contributed by atoms with Gasteiger partial charge in [0.25, 0.3) is 0 Å². The predicted molar refractivity (Wildman–Crippen MR) is 74.1 cm³/mol. The number of carbonyl (C=O) groups excluding carboxylic acids is 1. The second-order valence-electron chi connectivity index (χ2n) is 5.40. The van der Waals surface area contributed by atoms with E-state index in [1.807, 2.05) is 6.92 Å². The maximum absolute atomic E-state index is 12.0. The molecular formula is C13H20N4OS. The van der Waals surface area contributed by atoms with E-state index in [2.05, 4.69) is 20.1 Å². The molecule has 0 saturated heterocycles. The molecule has 0 spiro atoms. The van der Waals surface area contributed by atoms with Crippen molar-refractivity contribution in [3.05, 3.63) is 5.82 Å². The molecule has 5 nitrogen and oxygen atoms in total. The second kappa shape index (κ2) is 5.53. The van der Waals surface area contributed by atoms with Crippen LogP contribution in [0.25, 0.3) is 0 Å². The molecule has 1 aromatic rings. The highest BCUT2D eigenvalue weighted by molar-refractivity contribution is 8.00. The van der Waals surface area contributed by atoms with Gasteiger partial charge >= 0.3 is 0 Å². The van der Waals surface area contributed by atoms with Gasteiger partial charge in [-0.15, -0.1) is 10.2 Å². The van der Waals surface area contributed by atoms with E-state index in [0.717, 1.165) is 36.8 Å². The fourth-order valence-corrected chi connectivity index (χ4v) is 3.21. The van der Waals surface area contributed by atoms with Crippen molar-refractivity contribution in [1.82, 2.24) is 20.1 Å². The number of nitrogens with one attached hydrogen (secondary N) is 1. The Morgan fingerprint density at radius 2 is 2.21 bits per heavy atom. The van der Waals surface area contributed by atoms with Crippen molar-refractivity contribution in [2.24, 2.45) is 0 Å². The summed E-state index contributed by atoms with van der Waals surface area (Å²) in [6.45, 7) is 2.93. The Balaban J connectivity index is 1.65. The number of aryl methyl sites for hydroxylation is 1. The van der Waals surface area contributed by atoms with E-state index in [0.29, 0.717) is 6.04 Å². The van der Waals surface area contributed by atoms with Gasteiger partial charge in [0.2, 0.25) is 5.91 Å². The fraction of sp³-hybridized carbons (Fsp3) is 0.769. The summed E-state index contributed by atoms with van der Waals surface area (Å²) in [5.41, 5.74) is 0. The van der Waals surface area contributed by atoms with Gasteiger partial charge in [-0.25, -0.2) is 0 Å². The van der Waals surface area contributed by atoms with Crippen LogP contribution in [0.2, 0.25) is 0 Å². The van der Waals surface area contributed by atoms with Crippen LogP contribution in [-0.4, -0.2) is 32.0 Å². The standard InChI is InChI=1S/C13H20N4OS/c1-9(12(18)14-10-6-7-10)19-13-16-15-11-5-3-2-4-8-17(11)13/h9-10H,2-8H2,1H3,(H,14,18)/t9-/m1/s1. The van der Waals surface area contributed by atoms with Crippen LogP contribution in [0.3, 0.4) is 0 Å². The molecule has 1 N–H and O–H groups in total. The summed E-state index contributed by atoms with van der Waals surface area (Å²) in [4.78, 5) is 12.0.